The lowest BCUT2D eigenvalue weighted by Crippen LogP contribution is -2.50. The summed E-state index contributed by atoms with van der Waals surface area (Å²) in [5, 5.41) is 0. The summed E-state index contributed by atoms with van der Waals surface area (Å²) in [4.78, 5) is 7.51. The van der Waals surface area contributed by atoms with Gasteiger partial charge in [0.2, 0.25) is 0 Å². The maximum atomic E-state index is 13.3. The van der Waals surface area contributed by atoms with Gasteiger partial charge in [0.25, 0.3) is 5.92 Å². The number of halogens is 2. The van der Waals surface area contributed by atoms with Crippen molar-refractivity contribution in [1.82, 2.24) is 14.7 Å². The summed E-state index contributed by atoms with van der Waals surface area (Å²) in [6, 6.07) is 1.88. The molecule has 0 spiro atoms. The van der Waals surface area contributed by atoms with Crippen molar-refractivity contribution in [3.63, 3.8) is 0 Å². The molecular weight excluding hydrogens is 296 g/mol. The molecule has 2 saturated heterocycles. The molecule has 23 heavy (non-hydrogen) atoms. The molecule has 3 aliphatic rings. The summed E-state index contributed by atoms with van der Waals surface area (Å²) in [5.74, 6) is -1.63. The highest BCUT2D eigenvalue weighted by atomic mass is 19.3. The first-order valence-corrected chi connectivity index (χ1v) is 9.46. The first-order valence-electron chi connectivity index (χ1n) is 9.46. The van der Waals surface area contributed by atoms with Crippen LogP contribution in [0.2, 0.25) is 0 Å². The highest BCUT2D eigenvalue weighted by Gasteiger charge is 2.44. The van der Waals surface area contributed by atoms with E-state index in [0.717, 1.165) is 12.0 Å². The van der Waals surface area contributed by atoms with E-state index < -0.39 is 5.92 Å². The molecule has 3 rings (SSSR count). The van der Waals surface area contributed by atoms with Crippen molar-refractivity contribution in [3.8, 4) is 0 Å². The third kappa shape index (κ3) is 4.43. The summed E-state index contributed by atoms with van der Waals surface area (Å²) in [5.41, 5.74) is 0. The van der Waals surface area contributed by atoms with Crippen LogP contribution >= 0.6 is 0 Å². The van der Waals surface area contributed by atoms with Gasteiger partial charge in [0.1, 0.15) is 0 Å². The molecule has 134 valence electrons. The maximum absolute atomic E-state index is 13.3. The second-order valence-corrected chi connectivity index (χ2v) is 8.21. The number of hydrogen-bond donors (Lipinski definition) is 0. The number of alkyl halides is 2. The van der Waals surface area contributed by atoms with Gasteiger partial charge in [-0.05, 0) is 39.5 Å². The summed E-state index contributed by atoms with van der Waals surface area (Å²) in [6.07, 6.45) is 2.59. The molecule has 0 aromatic rings. The van der Waals surface area contributed by atoms with Gasteiger partial charge in [-0.3, -0.25) is 9.80 Å². The van der Waals surface area contributed by atoms with Crippen molar-refractivity contribution >= 4 is 0 Å². The smallest absolute Gasteiger partial charge is 0.250 e. The largest absolute Gasteiger partial charge is 0.300 e. The maximum Gasteiger partial charge on any atom is 0.250 e. The molecule has 2 aliphatic heterocycles. The summed E-state index contributed by atoms with van der Waals surface area (Å²) < 4.78 is 26.5. The fourth-order valence-corrected chi connectivity index (χ4v) is 4.40. The summed E-state index contributed by atoms with van der Waals surface area (Å²) >= 11 is 0. The van der Waals surface area contributed by atoms with Gasteiger partial charge in [0.05, 0.1) is 0 Å². The van der Waals surface area contributed by atoms with Crippen LogP contribution < -0.4 is 0 Å². The quantitative estimate of drug-likeness (QED) is 0.768. The topological polar surface area (TPSA) is 9.72 Å². The highest BCUT2D eigenvalue weighted by Crippen LogP contribution is 2.41. The Hall–Kier alpha value is -0.260. The molecule has 0 radical (unpaired) electrons. The molecule has 0 aromatic heterocycles. The predicted octanol–water partition coefficient (Wildman–Crippen LogP) is 2.91. The molecule has 0 amide bonds. The van der Waals surface area contributed by atoms with E-state index in [1.165, 1.54) is 39.0 Å². The number of piperidine rings is 1. The van der Waals surface area contributed by atoms with Crippen LogP contribution in [0.3, 0.4) is 0 Å². The minimum Gasteiger partial charge on any atom is -0.300 e. The number of piperazine rings is 1. The van der Waals surface area contributed by atoms with Gasteiger partial charge in [-0.25, -0.2) is 8.78 Å². The third-order valence-electron chi connectivity index (χ3n) is 6.23. The van der Waals surface area contributed by atoms with E-state index in [9.17, 15) is 8.78 Å². The molecule has 3 fully saturated rings. The van der Waals surface area contributed by atoms with Crippen LogP contribution in [0.15, 0.2) is 0 Å². The van der Waals surface area contributed by atoms with Crippen molar-refractivity contribution in [3.05, 3.63) is 0 Å². The van der Waals surface area contributed by atoms with Crippen LogP contribution in [-0.2, 0) is 0 Å². The normalized spacial score (nSPS) is 34.7. The Kier molecular flexibility index (Phi) is 5.29. The van der Waals surface area contributed by atoms with Crippen molar-refractivity contribution in [2.24, 2.45) is 5.92 Å². The Morgan fingerprint density at radius 3 is 2.09 bits per heavy atom. The van der Waals surface area contributed by atoms with E-state index in [2.05, 4.69) is 35.5 Å². The van der Waals surface area contributed by atoms with Crippen LogP contribution in [0.25, 0.3) is 0 Å². The van der Waals surface area contributed by atoms with E-state index in [4.69, 9.17) is 0 Å². The van der Waals surface area contributed by atoms with Crippen LogP contribution in [0.5, 0.6) is 0 Å². The fraction of sp³-hybridized carbons (Fsp3) is 1.00. The van der Waals surface area contributed by atoms with E-state index in [1.807, 2.05) is 0 Å². The van der Waals surface area contributed by atoms with Gasteiger partial charge >= 0.3 is 0 Å². The fourth-order valence-electron chi connectivity index (χ4n) is 4.40. The molecule has 0 aromatic carbocycles. The number of rotatable bonds is 5. The van der Waals surface area contributed by atoms with Gasteiger partial charge in [-0.15, -0.1) is 0 Å². The van der Waals surface area contributed by atoms with Gasteiger partial charge < -0.3 is 4.90 Å². The van der Waals surface area contributed by atoms with Gasteiger partial charge in [-0.1, -0.05) is 0 Å². The lowest BCUT2D eigenvalue weighted by molar-refractivity contribution is -0.0626. The van der Waals surface area contributed by atoms with Gasteiger partial charge in [0.15, 0.2) is 0 Å². The number of nitrogens with zero attached hydrogens (tertiary/aromatic N) is 3. The van der Waals surface area contributed by atoms with E-state index in [0.29, 0.717) is 25.2 Å². The number of likely N-dealkylation sites (tertiary alicyclic amines) is 1. The molecule has 2 heterocycles. The zero-order valence-corrected chi connectivity index (χ0v) is 15.0. The molecule has 3 unspecified atom stereocenters. The van der Waals surface area contributed by atoms with Crippen molar-refractivity contribution < 1.29 is 8.78 Å². The monoisotopic (exact) mass is 329 g/mol. The minimum atomic E-state index is -2.42. The molecule has 1 saturated carbocycles. The van der Waals surface area contributed by atoms with Crippen molar-refractivity contribution in [2.75, 3.05) is 39.3 Å². The zero-order chi connectivity index (χ0) is 16.6. The Morgan fingerprint density at radius 2 is 1.52 bits per heavy atom. The standard InChI is InChI=1S/C18H33F2N3/c1-14(2)21-8-10-23(11-9-21)17-13-16(17)12-15(3)22-6-4-18(19,20)5-7-22/h14-17H,4-13H2,1-3H3. The molecule has 5 heteroatoms. The second-order valence-electron chi connectivity index (χ2n) is 8.21. The van der Waals surface area contributed by atoms with Crippen molar-refractivity contribution in [2.45, 2.75) is 70.5 Å². The molecular formula is C18H33F2N3. The van der Waals surface area contributed by atoms with Crippen molar-refractivity contribution in [1.29, 1.82) is 0 Å². The molecule has 0 bridgehead atoms. The average molecular weight is 329 g/mol. The Balaban J connectivity index is 1.38. The Labute approximate surface area is 140 Å². The third-order valence-corrected chi connectivity index (χ3v) is 6.23. The second kappa shape index (κ2) is 6.93. The van der Waals surface area contributed by atoms with Gasteiger partial charge in [-0.2, -0.15) is 0 Å². The zero-order valence-electron chi connectivity index (χ0n) is 15.0. The summed E-state index contributed by atoms with van der Waals surface area (Å²) in [6.45, 7) is 12.7. The molecule has 1 aliphatic carbocycles. The Bertz CT molecular complexity index is 384. The molecule has 3 atom stereocenters. The van der Waals surface area contributed by atoms with Crippen LogP contribution in [0.1, 0.15) is 46.5 Å². The molecule has 3 nitrogen and oxygen atoms in total. The van der Waals surface area contributed by atoms with E-state index in [1.54, 1.807) is 0 Å². The first-order chi connectivity index (χ1) is 10.9. The average Bonchev–Trinajstić information content (AvgIpc) is 3.26. The lowest BCUT2D eigenvalue weighted by Gasteiger charge is -2.38. The highest BCUT2D eigenvalue weighted by molar-refractivity contribution is 4.98. The van der Waals surface area contributed by atoms with Crippen LogP contribution in [0.4, 0.5) is 8.78 Å². The predicted molar refractivity (Wildman–Crippen MR) is 90.0 cm³/mol. The van der Waals surface area contributed by atoms with Crippen LogP contribution in [0, 0.1) is 5.92 Å². The number of hydrogen-bond acceptors (Lipinski definition) is 3. The Morgan fingerprint density at radius 1 is 0.913 bits per heavy atom. The minimum absolute atomic E-state index is 0.0442. The molecule has 0 N–H and O–H groups in total. The summed E-state index contributed by atoms with van der Waals surface area (Å²) in [7, 11) is 0. The lowest BCUT2D eigenvalue weighted by atomic mass is 10.0. The van der Waals surface area contributed by atoms with E-state index >= 15 is 0 Å². The van der Waals surface area contributed by atoms with Gasteiger partial charge in [0, 0.05) is 70.2 Å². The van der Waals surface area contributed by atoms with Crippen LogP contribution in [-0.4, -0.2) is 78.0 Å². The SMILES string of the molecule is CC(C)N1CCN(C2CC2CC(C)N2CCC(F)(F)CC2)CC1. The first kappa shape index (κ1) is 17.6. The van der Waals surface area contributed by atoms with E-state index in [-0.39, 0.29) is 12.8 Å².